The average molecular weight is 297 g/mol. The smallest absolute Gasteiger partial charge is 0.303 e. The molecule has 4 nitrogen and oxygen atoms in total. The minimum Gasteiger partial charge on any atom is -0.481 e. The number of nitrogens with zero attached hydrogens (tertiary/aromatic N) is 1. The van der Waals surface area contributed by atoms with Crippen molar-refractivity contribution in [1.82, 2.24) is 4.90 Å². The molecular formula is C17H31NO3. The second kappa shape index (κ2) is 6.66. The lowest BCUT2D eigenvalue weighted by Crippen LogP contribution is -2.44. The summed E-state index contributed by atoms with van der Waals surface area (Å²) in [5.41, 5.74) is 0.428. The molecular weight excluding hydrogens is 266 g/mol. The molecule has 2 fully saturated rings. The largest absolute Gasteiger partial charge is 0.481 e. The molecule has 21 heavy (non-hydrogen) atoms. The number of carbonyl (C=O) groups is 1. The summed E-state index contributed by atoms with van der Waals surface area (Å²) in [7, 11) is 0. The predicted molar refractivity (Wildman–Crippen MR) is 83.2 cm³/mol. The lowest BCUT2D eigenvalue weighted by molar-refractivity contribution is -0.138. The highest BCUT2D eigenvalue weighted by Gasteiger charge is 2.38. The van der Waals surface area contributed by atoms with Crippen molar-refractivity contribution in [2.75, 3.05) is 19.8 Å². The predicted octanol–water partition coefficient (Wildman–Crippen LogP) is 3.51. The van der Waals surface area contributed by atoms with Gasteiger partial charge in [0.25, 0.3) is 0 Å². The van der Waals surface area contributed by atoms with Gasteiger partial charge in [0.05, 0.1) is 12.3 Å². The van der Waals surface area contributed by atoms with Gasteiger partial charge in [-0.3, -0.25) is 9.69 Å². The van der Waals surface area contributed by atoms with Gasteiger partial charge < -0.3 is 9.84 Å². The molecule has 0 unspecified atom stereocenters. The number of aliphatic carboxylic acids is 1. The Morgan fingerprint density at radius 2 is 1.76 bits per heavy atom. The Bertz CT molecular complexity index is 344. The molecule has 1 heterocycles. The lowest BCUT2D eigenvalue weighted by atomic mass is 9.65. The molecule has 0 atom stereocenters. The third-order valence-electron chi connectivity index (χ3n) is 5.23. The van der Waals surface area contributed by atoms with Gasteiger partial charge in [-0.1, -0.05) is 0 Å². The SMILES string of the molecule is CC(C)(C)OCN1CCC2(CCC(CC(=O)O)CC2)CC1. The van der Waals surface area contributed by atoms with Gasteiger partial charge in [-0.25, -0.2) is 0 Å². The number of rotatable bonds is 4. The van der Waals surface area contributed by atoms with Crippen molar-refractivity contribution in [3.05, 3.63) is 0 Å². The summed E-state index contributed by atoms with van der Waals surface area (Å²) in [6.07, 6.45) is 7.51. The molecule has 2 aliphatic rings. The molecule has 0 radical (unpaired) electrons. The molecule has 0 aromatic carbocycles. The first-order valence-electron chi connectivity index (χ1n) is 8.36. The van der Waals surface area contributed by atoms with Gasteiger partial charge in [0.2, 0.25) is 0 Å². The van der Waals surface area contributed by atoms with Crippen LogP contribution in [0.15, 0.2) is 0 Å². The van der Waals surface area contributed by atoms with Crippen LogP contribution in [0, 0.1) is 11.3 Å². The molecule has 1 aliphatic carbocycles. The lowest BCUT2D eigenvalue weighted by Gasteiger charge is -2.46. The van der Waals surface area contributed by atoms with Crippen LogP contribution in [0.4, 0.5) is 0 Å². The van der Waals surface area contributed by atoms with Gasteiger partial charge in [-0.2, -0.15) is 0 Å². The van der Waals surface area contributed by atoms with Crippen molar-refractivity contribution >= 4 is 5.97 Å². The van der Waals surface area contributed by atoms with Crippen LogP contribution < -0.4 is 0 Å². The third kappa shape index (κ3) is 5.26. The Morgan fingerprint density at radius 1 is 1.19 bits per heavy atom. The Kier molecular flexibility index (Phi) is 5.31. The highest BCUT2D eigenvalue weighted by Crippen LogP contribution is 2.46. The van der Waals surface area contributed by atoms with E-state index in [9.17, 15) is 4.79 Å². The van der Waals surface area contributed by atoms with E-state index in [1.165, 1.54) is 25.7 Å². The minimum atomic E-state index is -0.634. The number of piperidine rings is 1. The fourth-order valence-corrected chi connectivity index (χ4v) is 3.68. The Hall–Kier alpha value is -0.610. The summed E-state index contributed by atoms with van der Waals surface area (Å²) in [6, 6.07) is 0. The van der Waals surface area contributed by atoms with E-state index in [4.69, 9.17) is 9.84 Å². The maximum Gasteiger partial charge on any atom is 0.303 e. The monoisotopic (exact) mass is 297 g/mol. The van der Waals surface area contributed by atoms with Crippen molar-refractivity contribution < 1.29 is 14.6 Å². The quantitative estimate of drug-likeness (QED) is 0.862. The van der Waals surface area contributed by atoms with E-state index in [0.29, 0.717) is 17.8 Å². The fourth-order valence-electron chi connectivity index (χ4n) is 3.68. The van der Waals surface area contributed by atoms with Gasteiger partial charge in [-0.15, -0.1) is 0 Å². The summed E-state index contributed by atoms with van der Waals surface area (Å²) in [5.74, 6) is -0.222. The summed E-state index contributed by atoms with van der Waals surface area (Å²) in [5, 5.41) is 8.91. The van der Waals surface area contributed by atoms with E-state index in [0.717, 1.165) is 32.7 Å². The molecule has 1 N–H and O–H groups in total. The summed E-state index contributed by atoms with van der Waals surface area (Å²) >= 11 is 0. The van der Waals surface area contributed by atoms with E-state index >= 15 is 0 Å². The van der Waals surface area contributed by atoms with Gasteiger partial charge in [0.1, 0.15) is 0 Å². The zero-order valence-corrected chi connectivity index (χ0v) is 13.9. The molecule has 2 rings (SSSR count). The van der Waals surface area contributed by atoms with Gasteiger partial charge in [-0.05, 0) is 70.6 Å². The third-order valence-corrected chi connectivity index (χ3v) is 5.23. The van der Waals surface area contributed by atoms with Crippen LogP contribution in [0.5, 0.6) is 0 Å². The Balaban J connectivity index is 1.73. The second-order valence-corrected chi connectivity index (χ2v) is 8.05. The average Bonchev–Trinajstić information content (AvgIpc) is 2.40. The van der Waals surface area contributed by atoms with Crippen LogP contribution >= 0.6 is 0 Å². The van der Waals surface area contributed by atoms with Crippen LogP contribution in [-0.2, 0) is 9.53 Å². The molecule has 0 amide bonds. The standard InChI is InChI=1S/C17H31NO3/c1-16(2,3)21-13-18-10-8-17(9-11-18)6-4-14(5-7-17)12-15(19)20/h14H,4-13H2,1-3H3,(H,19,20). The highest BCUT2D eigenvalue weighted by atomic mass is 16.5. The van der Waals surface area contributed by atoms with Crippen molar-refractivity contribution in [2.24, 2.45) is 11.3 Å². The van der Waals surface area contributed by atoms with E-state index in [1.807, 2.05) is 0 Å². The molecule has 1 saturated carbocycles. The Labute approximate surface area is 128 Å². The van der Waals surface area contributed by atoms with E-state index in [2.05, 4.69) is 25.7 Å². The number of carboxylic acid groups (broad SMARTS) is 1. The normalized spacial score (nSPS) is 24.3. The number of carboxylic acids is 1. The van der Waals surface area contributed by atoms with Crippen molar-refractivity contribution in [3.8, 4) is 0 Å². The van der Waals surface area contributed by atoms with Crippen molar-refractivity contribution in [3.63, 3.8) is 0 Å². The first-order valence-corrected chi connectivity index (χ1v) is 8.36. The van der Waals surface area contributed by atoms with Gasteiger partial charge in [0.15, 0.2) is 0 Å². The summed E-state index contributed by atoms with van der Waals surface area (Å²) in [4.78, 5) is 13.2. The second-order valence-electron chi connectivity index (χ2n) is 8.05. The van der Waals surface area contributed by atoms with Crippen molar-refractivity contribution in [2.45, 2.75) is 71.3 Å². The molecule has 1 aliphatic heterocycles. The maximum absolute atomic E-state index is 10.8. The van der Waals surface area contributed by atoms with Gasteiger partial charge in [0, 0.05) is 19.5 Å². The summed E-state index contributed by atoms with van der Waals surface area (Å²) < 4.78 is 5.87. The molecule has 4 heteroatoms. The van der Waals surface area contributed by atoms with Gasteiger partial charge >= 0.3 is 5.97 Å². The van der Waals surface area contributed by atoms with Crippen LogP contribution in [-0.4, -0.2) is 41.4 Å². The van der Waals surface area contributed by atoms with Crippen LogP contribution in [0.2, 0.25) is 0 Å². The minimum absolute atomic E-state index is 0.0655. The number of ether oxygens (including phenoxy) is 1. The number of likely N-dealkylation sites (tertiary alicyclic amines) is 1. The molecule has 0 aromatic rings. The number of hydrogen-bond donors (Lipinski definition) is 1. The van der Waals surface area contributed by atoms with Crippen LogP contribution in [0.1, 0.15) is 65.7 Å². The zero-order valence-electron chi connectivity index (χ0n) is 13.9. The first kappa shape index (κ1) is 16.8. The number of hydrogen-bond acceptors (Lipinski definition) is 3. The first-order chi connectivity index (χ1) is 9.78. The van der Waals surface area contributed by atoms with E-state index in [1.54, 1.807) is 0 Å². The molecule has 1 saturated heterocycles. The van der Waals surface area contributed by atoms with Crippen molar-refractivity contribution in [1.29, 1.82) is 0 Å². The highest BCUT2D eigenvalue weighted by molar-refractivity contribution is 5.67. The molecule has 122 valence electrons. The molecule has 0 bridgehead atoms. The maximum atomic E-state index is 10.8. The zero-order chi connectivity index (χ0) is 15.5. The Morgan fingerprint density at radius 3 is 2.24 bits per heavy atom. The summed E-state index contributed by atoms with van der Waals surface area (Å²) in [6.45, 7) is 9.28. The van der Waals surface area contributed by atoms with E-state index in [-0.39, 0.29) is 5.60 Å². The van der Waals surface area contributed by atoms with Crippen LogP contribution in [0.3, 0.4) is 0 Å². The molecule has 0 aromatic heterocycles. The topological polar surface area (TPSA) is 49.8 Å². The molecule has 1 spiro atoms. The van der Waals surface area contributed by atoms with E-state index < -0.39 is 5.97 Å². The van der Waals surface area contributed by atoms with Crippen LogP contribution in [0.25, 0.3) is 0 Å². The fraction of sp³-hybridized carbons (Fsp3) is 0.941.